The zero-order chi connectivity index (χ0) is 16.2. The standard InChI is InChI=1S/C16H23N5O2/c1-3-5-11-10-13(20-19-11)16(22)18-12-6-9-23-14(12)15-17-7-8-21(15)4-2/h7-8,10,12,14H,3-6,9H2,1-2H3,(H,18,22)(H,19,20)/t12-,14-/m0/s1. The number of aromatic amines is 1. The maximum atomic E-state index is 12.4. The summed E-state index contributed by atoms with van der Waals surface area (Å²) in [5, 5.41) is 10.1. The minimum absolute atomic E-state index is 0.0819. The largest absolute Gasteiger partial charge is 0.368 e. The molecule has 2 atom stereocenters. The van der Waals surface area contributed by atoms with Crippen molar-refractivity contribution in [3.8, 4) is 0 Å². The van der Waals surface area contributed by atoms with E-state index in [1.807, 2.05) is 16.8 Å². The Labute approximate surface area is 135 Å². The van der Waals surface area contributed by atoms with E-state index in [-0.39, 0.29) is 18.1 Å². The van der Waals surface area contributed by atoms with Crippen LogP contribution in [-0.4, -0.2) is 38.3 Å². The molecule has 7 nitrogen and oxygen atoms in total. The van der Waals surface area contributed by atoms with Crippen molar-refractivity contribution in [2.24, 2.45) is 0 Å². The number of aromatic nitrogens is 4. The van der Waals surface area contributed by atoms with E-state index >= 15 is 0 Å². The second kappa shape index (κ2) is 6.95. The van der Waals surface area contributed by atoms with Gasteiger partial charge in [0.05, 0.1) is 6.04 Å². The summed E-state index contributed by atoms with van der Waals surface area (Å²) in [5.74, 6) is 0.697. The van der Waals surface area contributed by atoms with Gasteiger partial charge < -0.3 is 14.6 Å². The summed E-state index contributed by atoms with van der Waals surface area (Å²) in [6.45, 7) is 5.60. The van der Waals surface area contributed by atoms with Crippen LogP contribution in [0.2, 0.25) is 0 Å². The van der Waals surface area contributed by atoms with Crippen LogP contribution in [0.15, 0.2) is 18.5 Å². The zero-order valence-electron chi connectivity index (χ0n) is 13.6. The number of carbonyl (C=O) groups excluding carboxylic acids is 1. The van der Waals surface area contributed by atoms with Gasteiger partial charge in [0.15, 0.2) is 0 Å². The summed E-state index contributed by atoms with van der Waals surface area (Å²) in [4.78, 5) is 16.8. The molecule has 1 aliphatic heterocycles. The molecule has 1 fully saturated rings. The van der Waals surface area contributed by atoms with Crippen LogP contribution in [0.25, 0.3) is 0 Å². The minimum Gasteiger partial charge on any atom is -0.368 e. The fourth-order valence-corrected chi connectivity index (χ4v) is 2.95. The van der Waals surface area contributed by atoms with Crippen molar-refractivity contribution in [1.82, 2.24) is 25.1 Å². The molecule has 0 bridgehead atoms. The van der Waals surface area contributed by atoms with Crippen molar-refractivity contribution in [3.05, 3.63) is 35.7 Å². The number of rotatable bonds is 6. The molecule has 0 spiro atoms. The van der Waals surface area contributed by atoms with E-state index in [4.69, 9.17) is 4.74 Å². The van der Waals surface area contributed by atoms with Crippen molar-refractivity contribution >= 4 is 5.91 Å². The van der Waals surface area contributed by atoms with Crippen LogP contribution in [0, 0.1) is 0 Å². The average molecular weight is 317 g/mol. The Hall–Kier alpha value is -2.15. The van der Waals surface area contributed by atoms with Gasteiger partial charge in [-0.1, -0.05) is 13.3 Å². The van der Waals surface area contributed by atoms with Crippen molar-refractivity contribution in [1.29, 1.82) is 0 Å². The molecule has 7 heteroatoms. The molecule has 0 aliphatic carbocycles. The van der Waals surface area contributed by atoms with Gasteiger partial charge in [0.1, 0.15) is 17.6 Å². The summed E-state index contributed by atoms with van der Waals surface area (Å²) in [7, 11) is 0. The van der Waals surface area contributed by atoms with E-state index in [1.54, 1.807) is 6.20 Å². The normalized spacial score (nSPS) is 20.8. The van der Waals surface area contributed by atoms with Gasteiger partial charge in [-0.15, -0.1) is 0 Å². The molecule has 3 heterocycles. The first-order valence-electron chi connectivity index (χ1n) is 8.20. The molecule has 0 saturated carbocycles. The number of nitrogens with zero attached hydrogens (tertiary/aromatic N) is 3. The van der Waals surface area contributed by atoms with E-state index in [0.717, 1.165) is 37.3 Å². The van der Waals surface area contributed by atoms with Crippen LogP contribution in [-0.2, 0) is 17.7 Å². The van der Waals surface area contributed by atoms with Crippen LogP contribution in [0.4, 0.5) is 0 Å². The average Bonchev–Trinajstić information content (AvgIpc) is 3.26. The Bertz CT molecular complexity index is 663. The highest BCUT2D eigenvalue weighted by Crippen LogP contribution is 2.28. The van der Waals surface area contributed by atoms with Gasteiger partial charge in [-0.25, -0.2) is 4.98 Å². The Morgan fingerprint density at radius 3 is 3.17 bits per heavy atom. The van der Waals surface area contributed by atoms with Crippen molar-refractivity contribution in [3.63, 3.8) is 0 Å². The lowest BCUT2D eigenvalue weighted by Crippen LogP contribution is -2.37. The van der Waals surface area contributed by atoms with E-state index in [1.165, 1.54) is 0 Å². The summed E-state index contributed by atoms with van der Waals surface area (Å²) in [6.07, 6.45) is 6.18. The van der Waals surface area contributed by atoms with Crippen molar-refractivity contribution in [2.75, 3.05) is 6.61 Å². The smallest absolute Gasteiger partial charge is 0.272 e. The molecule has 1 amide bonds. The molecule has 0 aromatic carbocycles. The van der Waals surface area contributed by atoms with Gasteiger partial charge >= 0.3 is 0 Å². The van der Waals surface area contributed by atoms with Gasteiger partial charge in [0.25, 0.3) is 5.91 Å². The Morgan fingerprint density at radius 1 is 1.52 bits per heavy atom. The molecular formula is C16H23N5O2. The molecule has 2 aromatic heterocycles. The van der Waals surface area contributed by atoms with Crippen LogP contribution >= 0.6 is 0 Å². The molecule has 124 valence electrons. The third-order valence-electron chi connectivity index (χ3n) is 4.13. The fourth-order valence-electron chi connectivity index (χ4n) is 2.95. The Kier molecular flexibility index (Phi) is 4.76. The number of aryl methyl sites for hydroxylation is 2. The lowest BCUT2D eigenvalue weighted by molar-refractivity contribution is 0.0773. The molecule has 1 saturated heterocycles. The van der Waals surface area contributed by atoms with E-state index in [9.17, 15) is 4.79 Å². The quantitative estimate of drug-likeness (QED) is 0.851. The maximum Gasteiger partial charge on any atom is 0.272 e. The fraction of sp³-hybridized carbons (Fsp3) is 0.562. The lowest BCUT2D eigenvalue weighted by Gasteiger charge is -2.19. The number of hydrogen-bond donors (Lipinski definition) is 2. The van der Waals surface area contributed by atoms with E-state index < -0.39 is 0 Å². The molecular weight excluding hydrogens is 294 g/mol. The van der Waals surface area contributed by atoms with Gasteiger partial charge in [-0.2, -0.15) is 5.10 Å². The lowest BCUT2D eigenvalue weighted by atomic mass is 10.1. The van der Waals surface area contributed by atoms with Gasteiger partial charge in [0.2, 0.25) is 0 Å². The number of ether oxygens (including phenoxy) is 1. The number of hydrogen-bond acceptors (Lipinski definition) is 4. The maximum absolute atomic E-state index is 12.4. The first-order chi connectivity index (χ1) is 11.2. The monoisotopic (exact) mass is 317 g/mol. The SMILES string of the molecule is CCCc1cc(C(=O)N[C@H]2CCO[C@@H]2c2nccn2CC)n[nH]1. The van der Waals surface area contributed by atoms with Crippen LogP contribution in [0.1, 0.15) is 54.8 Å². The Morgan fingerprint density at radius 2 is 2.39 bits per heavy atom. The van der Waals surface area contributed by atoms with Crippen LogP contribution in [0.5, 0.6) is 0 Å². The topological polar surface area (TPSA) is 84.8 Å². The van der Waals surface area contributed by atoms with Crippen molar-refractivity contribution in [2.45, 2.75) is 51.8 Å². The predicted octanol–water partition coefficient (Wildman–Crippen LogP) is 1.84. The number of imidazole rings is 1. The second-order valence-corrected chi connectivity index (χ2v) is 5.76. The van der Waals surface area contributed by atoms with Gasteiger partial charge in [-0.05, 0) is 25.8 Å². The molecule has 0 radical (unpaired) electrons. The van der Waals surface area contributed by atoms with Gasteiger partial charge in [-0.3, -0.25) is 9.89 Å². The van der Waals surface area contributed by atoms with Crippen LogP contribution < -0.4 is 5.32 Å². The summed E-state index contributed by atoms with van der Waals surface area (Å²) in [6, 6.07) is 1.73. The third-order valence-corrected chi connectivity index (χ3v) is 4.13. The third kappa shape index (κ3) is 3.29. The number of H-pyrrole nitrogens is 1. The Balaban J connectivity index is 1.69. The minimum atomic E-state index is -0.206. The molecule has 2 N–H and O–H groups in total. The summed E-state index contributed by atoms with van der Waals surface area (Å²) >= 11 is 0. The second-order valence-electron chi connectivity index (χ2n) is 5.76. The first-order valence-corrected chi connectivity index (χ1v) is 8.20. The zero-order valence-corrected chi connectivity index (χ0v) is 13.6. The molecule has 1 aliphatic rings. The molecule has 2 aromatic rings. The summed E-state index contributed by atoms with van der Waals surface area (Å²) in [5.41, 5.74) is 1.41. The number of amides is 1. The van der Waals surface area contributed by atoms with Crippen molar-refractivity contribution < 1.29 is 9.53 Å². The highest BCUT2D eigenvalue weighted by atomic mass is 16.5. The van der Waals surface area contributed by atoms with Gasteiger partial charge in [0, 0.05) is 31.2 Å². The molecule has 3 rings (SSSR count). The molecule has 0 unspecified atom stereocenters. The summed E-state index contributed by atoms with van der Waals surface area (Å²) < 4.78 is 7.85. The van der Waals surface area contributed by atoms with E-state index in [0.29, 0.717) is 12.3 Å². The number of carbonyl (C=O) groups is 1. The van der Waals surface area contributed by atoms with E-state index in [2.05, 4.69) is 34.3 Å². The van der Waals surface area contributed by atoms with Crippen LogP contribution in [0.3, 0.4) is 0 Å². The molecule has 23 heavy (non-hydrogen) atoms. The highest BCUT2D eigenvalue weighted by molar-refractivity contribution is 5.92. The predicted molar refractivity (Wildman–Crippen MR) is 85.0 cm³/mol. The number of nitrogens with one attached hydrogen (secondary N) is 2. The first kappa shape index (κ1) is 15.7. The highest BCUT2D eigenvalue weighted by Gasteiger charge is 2.34.